The Bertz CT molecular complexity index is 1500. The second kappa shape index (κ2) is 10.2. The fourth-order valence-corrected chi connectivity index (χ4v) is 5.79. The smallest absolute Gasteiger partial charge is 0.352 e. The maximum atomic E-state index is 13.1. The van der Waals surface area contributed by atoms with Crippen LogP contribution in [0.1, 0.15) is 5.82 Å². The monoisotopic (exact) mass is 563 g/mol. The summed E-state index contributed by atoms with van der Waals surface area (Å²) < 4.78 is 19.7. The SMILES string of the molecule is Nc1ccc2n(cc[n+]2CC2=C(C(=O)O)N3C(=O)[C@@H](NC(=O)/C(=N\OCCF)c4nsc(N)n4)[C@H]3SC2)n1. The topological polar surface area (TPSA) is 207 Å². The number of carbonyl (C=O) groups excluding carboxylic acids is 2. The molecule has 2 amide bonds. The van der Waals surface area contributed by atoms with E-state index in [9.17, 15) is 23.9 Å². The molecule has 38 heavy (non-hydrogen) atoms. The van der Waals surface area contributed by atoms with Crippen LogP contribution < -0.4 is 21.4 Å². The van der Waals surface area contributed by atoms with E-state index in [1.807, 2.05) is 0 Å². The number of carbonyl (C=O) groups is 3. The van der Waals surface area contributed by atoms with E-state index >= 15 is 0 Å². The summed E-state index contributed by atoms with van der Waals surface area (Å²) >= 11 is 2.12. The Morgan fingerprint density at radius 1 is 1.37 bits per heavy atom. The number of alkyl halides is 1. The van der Waals surface area contributed by atoms with E-state index in [-0.39, 0.29) is 28.9 Å². The minimum absolute atomic E-state index is 0.0663. The molecule has 0 saturated carbocycles. The number of nitrogens with two attached hydrogens (primary N) is 2. The molecule has 1 saturated heterocycles. The minimum Gasteiger partial charge on any atom is -0.477 e. The zero-order chi connectivity index (χ0) is 27.0. The minimum atomic E-state index is -1.26. The zero-order valence-electron chi connectivity index (χ0n) is 19.4. The molecule has 0 aromatic carbocycles. The summed E-state index contributed by atoms with van der Waals surface area (Å²) in [5.41, 5.74) is 12.0. The molecule has 18 heteroatoms. The van der Waals surface area contributed by atoms with Crippen molar-refractivity contribution in [3.05, 3.63) is 41.6 Å². The van der Waals surface area contributed by atoms with Crippen LogP contribution in [0.15, 0.2) is 41.0 Å². The van der Waals surface area contributed by atoms with E-state index in [0.717, 1.165) is 16.4 Å². The molecule has 1 fully saturated rings. The normalized spacial score (nSPS) is 19.3. The summed E-state index contributed by atoms with van der Waals surface area (Å²) in [6.45, 7) is -1.04. The van der Waals surface area contributed by atoms with Gasteiger partial charge in [0.2, 0.25) is 11.5 Å². The van der Waals surface area contributed by atoms with E-state index in [1.165, 1.54) is 11.8 Å². The Labute approximate surface area is 221 Å². The number of rotatable bonds is 9. The lowest BCUT2D eigenvalue weighted by atomic mass is 10.0. The summed E-state index contributed by atoms with van der Waals surface area (Å²) in [5, 5.41) is 19.7. The lowest BCUT2D eigenvalue weighted by molar-refractivity contribution is -0.662. The molecule has 5 heterocycles. The number of carboxylic acid groups (broad SMARTS) is 1. The van der Waals surface area contributed by atoms with Gasteiger partial charge in [-0.2, -0.15) is 9.36 Å². The van der Waals surface area contributed by atoms with Gasteiger partial charge < -0.3 is 26.7 Å². The molecule has 5 rings (SSSR count). The third-order valence-electron chi connectivity index (χ3n) is 5.63. The number of oxime groups is 1. The Hall–Kier alpha value is -4.32. The number of anilines is 2. The maximum absolute atomic E-state index is 13.1. The molecule has 0 aliphatic carbocycles. The summed E-state index contributed by atoms with van der Waals surface area (Å²) in [6, 6.07) is 2.34. The number of nitrogens with one attached hydrogen (secondary N) is 1. The average molecular weight is 564 g/mol. The molecular weight excluding hydrogens is 543 g/mol. The fourth-order valence-electron chi connectivity index (χ4n) is 4.02. The second-order valence-corrected chi connectivity index (χ2v) is 9.91. The van der Waals surface area contributed by atoms with Crippen molar-refractivity contribution in [3.63, 3.8) is 0 Å². The third kappa shape index (κ3) is 4.58. The van der Waals surface area contributed by atoms with Crippen molar-refractivity contribution in [1.29, 1.82) is 0 Å². The van der Waals surface area contributed by atoms with Crippen molar-refractivity contribution in [2.24, 2.45) is 5.16 Å². The molecule has 3 aromatic rings. The van der Waals surface area contributed by atoms with Crippen LogP contribution in [-0.2, 0) is 25.8 Å². The summed E-state index contributed by atoms with van der Waals surface area (Å²) in [6.07, 6.45) is 3.42. The van der Waals surface area contributed by atoms with Crippen molar-refractivity contribution >= 4 is 63.4 Å². The summed E-state index contributed by atoms with van der Waals surface area (Å²) in [7, 11) is 0. The number of carboxylic acids is 1. The average Bonchev–Trinajstić information content (AvgIpc) is 3.50. The highest BCUT2D eigenvalue weighted by Gasteiger charge is 2.54. The quantitative estimate of drug-likeness (QED) is 0.0796. The van der Waals surface area contributed by atoms with Crippen molar-refractivity contribution < 1.29 is 33.3 Å². The number of thioether (sulfide) groups is 1. The predicted octanol–water partition coefficient (Wildman–Crippen LogP) is -1.23. The third-order valence-corrected chi connectivity index (χ3v) is 7.52. The predicted molar refractivity (Wildman–Crippen MR) is 132 cm³/mol. The maximum Gasteiger partial charge on any atom is 0.352 e. The molecule has 3 aromatic heterocycles. The molecule has 0 spiro atoms. The standard InChI is InChI=1S/C20H19FN10O5S2/c21-3-6-36-27-12(15-25-20(23)38-28-15)16(32)24-13-17(33)31-14(19(34)35)9(8-37-18(13)31)7-29-4-5-30-11(29)2-1-10(22)26-30/h1-2,4-5,13,18H,3,6-8H2,(H5-,22,23,24,25,26,28,32,34,35)/p+1/b27-12-/t13-,18-/m1/s1. The second-order valence-electron chi connectivity index (χ2n) is 8.02. The lowest BCUT2D eigenvalue weighted by Crippen LogP contribution is -2.71. The van der Waals surface area contributed by atoms with Crippen LogP contribution in [0, 0.1) is 0 Å². The first kappa shape index (κ1) is 25.3. The number of halogens is 1. The van der Waals surface area contributed by atoms with Crippen LogP contribution in [0.25, 0.3) is 5.65 Å². The number of nitrogen functional groups attached to an aromatic ring is 2. The number of aliphatic carboxylic acids is 1. The fraction of sp³-hybridized carbons (Fsp3) is 0.300. The van der Waals surface area contributed by atoms with Gasteiger partial charge in [-0.3, -0.25) is 14.5 Å². The number of fused-ring (bicyclic) bond motifs is 2. The van der Waals surface area contributed by atoms with Crippen LogP contribution in [0.4, 0.5) is 15.3 Å². The highest BCUT2D eigenvalue weighted by molar-refractivity contribution is 8.00. The Balaban J connectivity index is 1.36. The molecule has 198 valence electrons. The molecule has 0 unspecified atom stereocenters. The number of amides is 2. The van der Waals surface area contributed by atoms with Crippen LogP contribution in [0.3, 0.4) is 0 Å². The van der Waals surface area contributed by atoms with E-state index < -0.39 is 42.5 Å². The van der Waals surface area contributed by atoms with Gasteiger partial charge in [0.05, 0.1) is 0 Å². The van der Waals surface area contributed by atoms with Crippen LogP contribution in [0.2, 0.25) is 0 Å². The van der Waals surface area contributed by atoms with Crippen molar-refractivity contribution in [2.75, 3.05) is 30.5 Å². The molecular formula is C20H20FN10O5S2+. The van der Waals surface area contributed by atoms with Crippen LogP contribution in [-0.4, -0.2) is 82.9 Å². The highest BCUT2D eigenvalue weighted by Crippen LogP contribution is 2.40. The highest BCUT2D eigenvalue weighted by atomic mass is 32.2. The Morgan fingerprint density at radius 2 is 2.18 bits per heavy atom. The van der Waals surface area contributed by atoms with E-state index in [2.05, 4.69) is 24.9 Å². The van der Waals surface area contributed by atoms with Gasteiger partial charge in [0.1, 0.15) is 43.1 Å². The molecule has 2 atom stereocenters. The molecule has 15 nitrogen and oxygen atoms in total. The van der Waals surface area contributed by atoms with Gasteiger partial charge in [-0.25, -0.2) is 13.8 Å². The van der Waals surface area contributed by atoms with Gasteiger partial charge in [-0.15, -0.1) is 11.8 Å². The Kier molecular flexibility index (Phi) is 6.81. The number of nitrogens with zero attached hydrogens (tertiary/aromatic N) is 7. The first-order valence-electron chi connectivity index (χ1n) is 11.0. The summed E-state index contributed by atoms with van der Waals surface area (Å²) in [4.78, 5) is 48.1. The van der Waals surface area contributed by atoms with Gasteiger partial charge in [-0.05, 0) is 6.07 Å². The largest absolute Gasteiger partial charge is 0.477 e. The van der Waals surface area contributed by atoms with Gasteiger partial charge in [0, 0.05) is 28.9 Å². The Morgan fingerprint density at radius 3 is 2.89 bits per heavy atom. The van der Waals surface area contributed by atoms with Crippen LogP contribution >= 0.6 is 23.3 Å². The van der Waals surface area contributed by atoms with Crippen LogP contribution in [0.5, 0.6) is 0 Å². The molecule has 2 aliphatic heterocycles. The van der Waals surface area contributed by atoms with Gasteiger partial charge in [0.25, 0.3) is 11.8 Å². The van der Waals surface area contributed by atoms with Crippen molar-refractivity contribution in [2.45, 2.75) is 18.0 Å². The number of β-lactam (4-membered cyclic amide) rings is 1. The number of imidazole rings is 1. The molecule has 0 radical (unpaired) electrons. The van der Waals surface area contributed by atoms with E-state index in [1.54, 1.807) is 33.6 Å². The van der Waals surface area contributed by atoms with Crippen molar-refractivity contribution in [3.8, 4) is 0 Å². The number of hydrogen-bond acceptors (Lipinski definition) is 12. The summed E-state index contributed by atoms with van der Waals surface area (Å²) in [5.74, 6) is -2.25. The van der Waals surface area contributed by atoms with E-state index in [4.69, 9.17) is 16.3 Å². The molecule has 2 aliphatic rings. The van der Waals surface area contributed by atoms with Crippen molar-refractivity contribution in [1.82, 2.24) is 29.2 Å². The van der Waals surface area contributed by atoms with Gasteiger partial charge in [0.15, 0.2) is 17.1 Å². The lowest BCUT2D eigenvalue weighted by Gasteiger charge is -2.49. The number of hydrogen-bond donors (Lipinski definition) is 4. The zero-order valence-corrected chi connectivity index (χ0v) is 21.0. The first-order chi connectivity index (χ1) is 18.3. The van der Waals surface area contributed by atoms with E-state index in [0.29, 0.717) is 22.8 Å². The first-order valence-corrected chi connectivity index (χ1v) is 12.8. The number of aromatic nitrogens is 5. The molecule has 6 N–H and O–H groups in total. The van der Waals surface area contributed by atoms with Gasteiger partial charge >= 0.3 is 11.6 Å². The molecule has 0 bridgehead atoms. The van der Waals surface area contributed by atoms with Gasteiger partial charge in [-0.1, -0.05) is 14.8 Å².